The normalized spacial score (nSPS) is 10.3. The molecule has 0 aliphatic rings. The minimum Gasteiger partial charge on any atom is -0.350 e. The van der Waals surface area contributed by atoms with Crippen molar-refractivity contribution in [3.8, 4) is 0 Å². The van der Waals surface area contributed by atoms with Gasteiger partial charge >= 0.3 is 0 Å². The Hall–Kier alpha value is -3.28. The number of nitrogens with zero attached hydrogens (tertiary/aromatic N) is 2. The average molecular weight is 320 g/mol. The lowest BCUT2D eigenvalue weighted by Gasteiger charge is -2.09. The molecule has 1 aromatic heterocycles. The Labute approximate surface area is 138 Å². The predicted octanol–water partition coefficient (Wildman–Crippen LogP) is 1.79. The zero-order valence-corrected chi connectivity index (χ0v) is 12.9. The highest BCUT2D eigenvalue weighted by atomic mass is 16.2. The SMILES string of the molecule is O=C(NCCNC(=O)c1cccc2ccccc12)c1cnccn1. The van der Waals surface area contributed by atoms with Crippen LogP contribution in [0.2, 0.25) is 0 Å². The van der Waals surface area contributed by atoms with Crippen LogP contribution in [0.1, 0.15) is 20.8 Å². The molecule has 0 aliphatic carbocycles. The van der Waals surface area contributed by atoms with Crippen molar-refractivity contribution in [1.82, 2.24) is 20.6 Å². The van der Waals surface area contributed by atoms with Gasteiger partial charge in [-0.25, -0.2) is 4.98 Å². The van der Waals surface area contributed by atoms with E-state index in [1.54, 1.807) is 6.07 Å². The van der Waals surface area contributed by atoms with Gasteiger partial charge in [-0.15, -0.1) is 0 Å². The van der Waals surface area contributed by atoms with Gasteiger partial charge < -0.3 is 10.6 Å². The molecule has 2 aromatic carbocycles. The quantitative estimate of drug-likeness (QED) is 0.702. The standard InChI is InChI=1S/C18H16N4O2/c23-17(15-7-3-5-13-4-1-2-6-14(13)15)21-10-11-22-18(24)16-12-19-8-9-20-16/h1-9,12H,10-11H2,(H,21,23)(H,22,24). The van der Waals surface area contributed by atoms with Crippen LogP contribution in [0, 0.1) is 0 Å². The Balaban J connectivity index is 1.55. The van der Waals surface area contributed by atoms with Crippen LogP contribution in [0.4, 0.5) is 0 Å². The lowest BCUT2D eigenvalue weighted by Crippen LogP contribution is -2.35. The Morgan fingerprint density at radius 2 is 1.62 bits per heavy atom. The van der Waals surface area contributed by atoms with E-state index in [4.69, 9.17) is 0 Å². The van der Waals surface area contributed by atoms with Crippen molar-refractivity contribution in [3.63, 3.8) is 0 Å². The maximum absolute atomic E-state index is 12.3. The molecule has 0 saturated heterocycles. The van der Waals surface area contributed by atoms with Crippen LogP contribution in [-0.4, -0.2) is 34.9 Å². The first-order valence-corrected chi connectivity index (χ1v) is 7.56. The highest BCUT2D eigenvalue weighted by molar-refractivity contribution is 6.07. The predicted molar refractivity (Wildman–Crippen MR) is 90.6 cm³/mol. The number of aromatic nitrogens is 2. The van der Waals surface area contributed by atoms with Crippen molar-refractivity contribution in [1.29, 1.82) is 0 Å². The van der Waals surface area contributed by atoms with Gasteiger partial charge in [0.25, 0.3) is 11.8 Å². The van der Waals surface area contributed by atoms with E-state index in [9.17, 15) is 9.59 Å². The molecule has 0 bridgehead atoms. The maximum atomic E-state index is 12.3. The van der Waals surface area contributed by atoms with E-state index in [1.165, 1.54) is 18.6 Å². The molecule has 0 spiro atoms. The lowest BCUT2D eigenvalue weighted by molar-refractivity contribution is 0.0925. The van der Waals surface area contributed by atoms with Crippen molar-refractivity contribution in [2.75, 3.05) is 13.1 Å². The zero-order valence-electron chi connectivity index (χ0n) is 12.9. The molecule has 120 valence electrons. The molecule has 0 unspecified atom stereocenters. The molecule has 24 heavy (non-hydrogen) atoms. The van der Waals surface area contributed by atoms with Gasteiger partial charge in [0.1, 0.15) is 5.69 Å². The lowest BCUT2D eigenvalue weighted by atomic mass is 10.0. The van der Waals surface area contributed by atoms with E-state index in [0.29, 0.717) is 18.7 Å². The zero-order chi connectivity index (χ0) is 16.8. The molecular weight excluding hydrogens is 304 g/mol. The van der Waals surface area contributed by atoms with Crippen LogP contribution in [-0.2, 0) is 0 Å². The van der Waals surface area contributed by atoms with Gasteiger partial charge in [-0.05, 0) is 16.8 Å². The first kappa shape index (κ1) is 15.6. The van der Waals surface area contributed by atoms with E-state index in [2.05, 4.69) is 20.6 Å². The number of benzene rings is 2. The molecule has 0 atom stereocenters. The van der Waals surface area contributed by atoms with Crippen LogP contribution >= 0.6 is 0 Å². The molecule has 0 saturated carbocycles. The van der Waals surface area contributed by atoms with Crippen molar-refractivity contribution in [3.05, 3.63) is 72.3 Å². The smallest absolute Gasteiger partial charge is 0.271 e. The van der Waals surface area contributed by atoms with Crippen LogP contribution in [0.25, 0.3) is 10.8 Å². The molecule has 0 fully saturated rings. The molecule has 6 heteroatoms. The molecule has 6 nitrogen and oxygen atoms in total. The minimum atomic E-state index is -0.317. The van der Waals surface area contributed by atoms with Crippen LogP contribution < -0.4 is 10.6 Å². The van der Waals surface area contributed by atoms with Crippen molar-refractivity contribution >= 4 is 22.6 Å². The number of carbonyl (C=O) groups is 2. The third-order valence-electron chi connectivity index (χ3n) is 3.53. The summed E-state index contributed by atoms with van der Waals surface area (Å²) >= 11 is 0. The van der Waals surface area contributed by atoms with Gasteiger partial charge in [-0.3, -0.25) is 14.6 Å². The van der Waals surface area contributed by atoms with Crippen molar-refractivity contribution in [2.45, 2.75) is 0 Å². The summed E-state index contributed by atoms with van der Waals surface area (Å²) in [6.07, 6.45) is 4.35. The monoisotopic (exact) mass is 320 g/mol. The number of hydrogen-bond donors (Lipinski definition) is 2. The number of nitrogens with one attached hydrogen (secondary N) is 2. The Morgan fingerprint density at radius 1 is 0.875 bits per heavy atom. The summed E-state index contributed by atoms with van der Waals surface area (Å²) in [5.74, 6) is -0.483. The average Bonchev–Trinajstić information content (AvgIpc) is 2.65. The Bertz CT molecular complexity index is 860. The first-order chi connectivity index (χ1) is 11.8. The highest BCUT2D eigenvalue weighted by Crippen LogP contribution is 2.18. The number of rotatable bonds is 5. The summed E-state index contributed by atoms with van der Waals surface area (Å²) in [5, 5.41) is 7.41. The number of hydrogen-bond acceptors (Lipinski definition) is 4. The third-order valence-corrected chi connectivity index (χ3v) is 3.53. The van der Waals surface area contributed by atoms with Crippen molar-refractivity contribution < 1.29 is 9.59 Å². The van der Waals surface area contributed by atoms with Crippen molar-refractivity contribution in [2.24, 2.45) is 0 Å². The van der Waals surface area contributed by atoms with Gasteiger partial charge in [0, 0.05) is 31.0 Å². The van der Waals surface area contributed by atoms with Gasteiger partial charge in [-0.2, -0.15) is 0 Å². The molecule has 3 aromatic rings. The van der Waals surface area contributed by atoms with Gasteiger partial charge in [0.15, 0.2) is 0 Å². The third kappa shape index (κ3) is 3.55. The molecule has 0 aliphatic heterocycles. The van der Waals surface area contributed by atoms with E-state index in [1.807, 2.05) is 36.4 Å². The van der Waals surface area contributed by atoms with E-state index in [-0.39, 0.29) is 17.5 Å². The second kappa shape index (κ2) is 7.32. The minimum absolute atomic E-state index is 0.166. The van der Waals surface area contributed by atoms with Crippen LogP contribution in [0.15, 0.2) is 61.1 Å². The van der Waals surface area contributed by atoms with Gasteiger partial charge in [0.2, 0.25) is 0 Å². The molecule has 3 rings (SSSR count). The number of carbonyl (C=O) groups excluding carboxylic acids is 2. The number of amides is 2. The Kier molecular flexibility index (Phi) is 4.76. The molecular formula is C18H16N4O2. The summed E-state index contributed by atoms with van der Waals surface area (Å²) in [4.78, 5) is 31.9. The summed E-state index contributed by atoms with van der Waals surface area (Å²) in [6, 6.07) is 13.3. The fourth-order valence-corrected chi connectivity index (χ4v) is 2.38. The first-order valence-electron chi connectivity index (χ1n) is 7.56. The van der Waals surface area contributed by atoms with Crippen LogP contribution in [0.5, 0.6) is 0 Å². The summed E-state index contributed by atoms with van der Waals surface area (Å²) in [7, 11) is 0. The molecule has 1 heterocycles. The molecule has 2 N–H and O–H groups in total. The Morgan fingerprint density at radius 3 is 2.42 bits per heavy atom. The second-order valence-electron chi connectivity index (χ2n) is 5.13. The van der Waals surface area contributed by atoms with E-state index < -0.39 is 0 Å². The fraction of sp³-hybridized carbons (Fsp3) is 0.111. The van der Waals surface area contributed by atoms with E-state index in [0.717, 1.165) is 10.8 Å². The summed E-state index contributed by atoms with van der Waals surface area (Å²) < 4.78 is 0. The fourth-order valence-electron chi connectivity index (χ4n) is 2.38. The number of fused-ring (bicyclic) bond motifs is 1. The molecule has 0 radical (unpaired) electrons. The van der Waals surface area contributed by atoms with Gasteiger partial charge in [0.05, 0.1) is 6.20 Å². The summed E-state index contributed by atoms with van der Waals surface area (Å²) in [6.45, 7) is 0.639. The topological polar surface area (TPSA) is 84.0 Å². The van der Waals surface area contributed by atoms with Crippen LogP contribution in [0.3, 0.4) is 0 Å². The van der Waals surface area contributed by atoms with Gasteiger partial charge in [-0.1, -0.05) is 36.4 Å². The largest absolute Gasteiger partial charge is 0.350 e. The maximum Gasteiger partial charge on any atom is 0.271 e. The summed E-state index contributed by atoms with van der Waals surface area (Å²) in [5.41, 5.74) is 0.867. The highest BCUT2D eigenvalue weighted by Gasteiger charge is 2.10. The van der Waals surface area contributed by atoms with E-state index >= 15 is 0 Å². The second-order valence-corrected chi connectivity index (χ2v) is 5.13. The molecule has 2 amide bonds.